The first-order valence-corrected chi connectivity index (χ1v) is 7.03. The molecule has 20 heavy (non-hydrogen) atoms. The van der Waals surface area contributed by atoms with Crippen LogP contribution < -0.4 is 5.73 Å². The Bertz CT molecular complexity index is 762. The molecule has 1 aromatic carbocycles. The zero-order valence-electron chi connectivity index (χ0n) is 11.0. The predicted octanol–water partition coefficient (Wildman–Crippen LogP) is 3.34. The van der Waals surface area contributed by atoms with Crippen LogP contribution in [0.15, 0.2) is 42.6 Å². The average Bonchev–Trinajstić information content (AvgIpc) is 3.00. The standard InChI is InChI=1S/C15H14N4S/c1-19-11(10-17-15(19)16)6-2-5-9-14-18-12-7-3-4-8-13(12)20-14/h2-10H,1H3,(H2,16,17)/b6-2+,9-5+. The van der Waals surface area contributed by atoms with Crippen LogP contribution in [0.4, 0.5) is 5.95 Å². The van der Waals surface area contributed by atoms with Crippen molar-refractivity contribution in [3.63, 3.8) is 0 Å². The summed E-state index contributed by atoms with van der Waals surface area (Å²) in [6.07, 6.45) is 9.65. The van der Waals surface area contributed by atoms with Crippen LogP contribution in [0.2, 0.25) is 0 Å². The normalized spacial score (nSPS) is 12.1. The minimum absolute atomic E-state index is 0.514. The minimum atomic E-state index is 0.514. The predicted molar refractivity (Wildman–Crippen MR) is 85.3 cm³/mol. The molecule has 0 spiro atoms. The third-order valence-corrected chi connectivity index (χ3v) is 3.99. The van der Waals surface area contributed by atoms with Gasteiger partial charge in [-0.05, 0) is 24.3 Å². The van der Waals surface area contributed by atoms with Gasteiger partial charge in [-0.2, -0.15) is 0 Å². The van der Waals surface area contributed by atoms with E-state index >= 15 is 0 Å². The van der Waals surface area contributed by atoms with Crippen LogP contribution in [0.5, 0.6) is 0 Å². The van der Waals surface area contributed by atoms with E-state index in [9.17, 15) is 0 Å². The maximum absolute atomic E-state index is 5.67. The molecule has 0 fully saturated rings. The lowest BCUT2D eigenvalue weighted by molar-refractivity contribution is 0.918. The van der Waals surface area contributed by atoms with E-state index in [2.05, 4.69) is 16.0 Å². The van der Waals surface area contributed by atoms with Gasteiger partial charge in [-0.1, -0.05) is 24.3 Å². The number of thiazole rings is 1. The Hall–Kier alpha value is -2.40. The topological polar surface area (TPSA) is 56.7 Å². The van der Waals surface area contributed by atoms with E-state index in [-0.39, 0.29) is 0 Å². The molecule has 0 radical (unpaired) electrons. The molecule has 2 N–H and O–H groups in total. The van der Waals surface area contributed by atoms with Gasteiger partial charge in [0.25, 0.3) is 0 Å². The van der Waals surface area contributed by atoms with Crippen molar-refractivity contribution in [2.75, 3.05) is 5.73 Å². The molecule has 4 nitrogen and oxygen atoms in total. The van der Waals surface area contributed by atoms with Crippen LogP contribution in [-0.2, 0) is 7.05 Å². The number of anilines is 1. The SMILES string of the molecule is Cn1c(/C=C/C=C/c2nc3ccccc3s2)cnc1N. The molecule has 2 aromatic heterocycles. The first kappa shape index (κ1) is 12.6. The van der Waals surface area contributed by atoms with Crippen molar-refractivity contribution in [2.45, 2.75) is 0 Å². The summed E-state index contributed by atoms with van der Waals surface area (Å²) in [5, 5.41) is 1.00. The second kappa shape index (κ2) is 5.30. The van der Waals surface area contributed by atoms with Gasteiger partial charge in [0.1, 0.15) is 5.01 Å². The van der Waals surface area contributed by atoms with Crippen LogP contribution in [0.1, 0.15) is 10.7 Å². The van der Waals surface area contributed by atoms with Gasteiger partial charge in [0.2, 0.25) is 0 Å². The van der Waals surface area contributed by atoms with Crippen molar-refractivity contribution in [1.82, 2.24) is 14.5 Å². The van der Waals surface area contributed by atoms with Crippen LogP contribution in [0.25, 0.3) is 22.4 Å². The number of nitrogen functional groups attached to an aromatic ring is 1. The molecule has 0 amide bonds. The van der Waals surface area contributed by atoms with Gasteiger partial charge in [0.15, 0.2) is 5.95 Å². The Morgan fingerprint density at radius 2 is 2.00 bits per heavy atom. The first-order chi connectivity index (χ1) is 9.74. The lowest BCUT2D eigenvalue weighted by atomic mass is 10.3. The Morgan fingerprint density at radius 3 is 2.75 bits per heavy atom. The van der Waals surface area contributed by atoms with E-state index in [1.165, 1.54) is 4.70 Å². The van der Waals surface area contributed by atoms with Crippen molar-refractivity contribution in [2.24, 2.45) is 7.05 Å². The van der Waals surface area contributed by atoms with Gasteiger partial charge in [-0.3, -0.25) is 0 Å². The third kappa shape index (κ3) is 2.48. The Kier molecular flexibility index (Phi) is 3.35. The average molecular weight is 282 g/mol. The van der Waals surface area contributed by atoms with E-state index in [1.54, 1.807) is 17.5 Å². The Balaban J connectivity index is 1.75. The van der Waals surface area contributed by atoms with Crippen LogP contribution >= 0.6 is 11.3 Å². The van der Waals surface area contributed by atoms with Gasteiger partial charge >= 0.3 is 0 Å². The molecular formula is C15H14N4S. The van der Waals surface area contributed by atoms with E-state index in [0.29, 0.717) is 5.95 Å². The summed E-state index contributed by atoms with van der Waals surface area (Å²) in [6.45, 7) is 0. The lowest BCUT2D eigenvalue weighted by Gasteiger charge is -1.95. The van der Waals surface area contributed by atoms with E-state index < -0.39 is 0 Å². The number of rotatable bonds is 3. The molecule has 0 unspecified atom stereocenters. The zero-order chi connectivity index (χ0) is 13.9. The summed E-state index contributed by atoms with van der Waals surface area (Å²) in [5.74, 6) is 0.514. The number of imidazole rings is 1. The molecule has 0 saturated heterocycles. The number of para-hydroxylation sites is 1. The summed E-state index contributed by atoms with van der Waals surface area (Å²) in [7, 11) is 1.89. The highest BCUT2D eigenvalue weighted by Crippen LogP contribution is 2.22. The van der Waals surface area contributed by atoms with Gasteiger partial charge in [0, 0.05) is 7.05 Å². The quantitative estimate of drug-likeness (QED) is 0.750. The molecular weight excluding hydrogens is 268 g/mol. The zero-order valence-corrected chi connectivity index (χ0v) is 11.8. The summed E-state index contributed by atoms with van der Waals surface area (Å²) in [5.41, 5.74) is 7.68. The third-order valence-electron chi connectivity index (χ3n) is 2.99. The van der Waals surface area contributed by atoms with Gasteiger partial charge in [0.05, 0.1) is 22.1 Å². The monoisotopic (exact) mass is 282 g/mol. The fraction of sp³-hybridized carbons (Fsp3) is 0.0667. The lowest BCUT2D eigenvalue weighted by Crippen LogP contribution is -1.97. The van der Waals surface area contributed by atoms with Crippen molar-refractivity contribution in [3.05, 3.63) is 53.3 Å². The summed E-state index contributed by atoms with van der Waals surface area (Å²) in [6, 6.07) is 8.14. The highest BCUT2D eigenvalue weighted by atomic mass is 32.1. The van der Waals surface area contributed by atoms with Gasteiger partial charge < -0.3 is 10.3 Å². The number of hydrogen-bond donors (Lipinski definition) is 1. The second-order valence-electron chi connectivity index (χ2n) is 4.34. The number of allylic oxidation sites excluding steroid dienone is 2. The van der Waals surface area contributed by atoms with Crippen LogP contribution in [0, 0.1) is 0 Å². The molecule has 0 aliphatic rings. The highest BCUT2D eigenvalue weighted by molar-refractivity contribution is 7.19. The molecule has 2 heterocycles. The summed E-state index contributed by atoms with van der Waals surface area (Å²) < 4.78 is 3.04. The number of benzene rings is 1. The molecule has 3 rings (SSSR count). The van der Waals surface area contributed by atoms with Crippen LogP contribution in [0.3, 0.4) is 0 Å². The number of aromatic nitrogens is 3. The number of nitrogens with zero attached hydrogens (tertiary/aromatic N) is 3. The number of fused-ring (bicyclic) bond motifs is 1. The molecule has 0 saturated carbocycles. The summed E-state index contributed by atoms with van der Waals surface area (Å²) in [4.78, 5) is 8.58. The number of nitrogens with two attached hydrogens (primary N) is 1. The Morgan fingerprint density at radius 1 is 1.20 bits per heavy atom. The molecule has 3 aromatic rings. The largest absolute Gasteiger partial charge is 0.369 e. The molecule has 100 valence electrons. The van der Waals surface area contributed by atoms with E-state index in [0.717, 1.165) is 16.2 Å². The van der Waals surface area contributed by atoms with Crippen LogP contribution in [-0.4, -0.2) is 14.5 Å². The van der Waals surface area contributed by atoms with Crippen molar-refractivity contribution >= 4 is 39.7 Å². The maximum atomic E-state index is 5.67. The fourth-order valence-electron chi connectivity index (χ4n) is 1.85. The van der Waals surface area contributed by atoms with Crippen molar-refractivity contribution in [1.29, 1.82) is 0 Å². The Labute approximate surface area is 120 Å². The van der Waals surface area contributed by atoms with E-state index in [1.807, 2.05) is 54.1 Å². The molecule has 0 aliphatic carbocycles. The molecule has 0 bridgehead atoms. The summed E-state index contributed by atoms with van der Waals surface area (Å²) >= 11 is 1.68. The smallest absolute Gasteiger partial charge is 0.200 e. The molecule has 0 aliphatic heterocycles. The van der Waals surface area contributed by atoms with Crippen molar-refractivity contribution < 1.29 is 0 Å². The first-order valence-electron chi connectivity index (χ1n) is 6.21. The van der Waals surface area contributed by atoms with E-state index in [4.69, 9.17) is 5.73 Å². The fourth-order valence-corrected chi connectivity index (χ4v) is 2.73. The molecule has 5 heteroatoms. The second-order valence-corrected chi connectivity index (χ2v) is 5.40. The number of hydrogen-bond acceptors (Lipinski definition) is 4. The van der Waals surface area contributed by atoms with Gasteiger partial charge in [-0.25, -0.2) is 9.97 Å². The van der Waals surface area contributed by atoms with Gasteiger partial charge in [-0.15, -0.1) is 11.3 Å². The highest BCUT2D eigenvalue weighted by Gasteiger charge is 1.99. The minimum Gasteiger partial charge on any atom is -0.369 e. The van der Waals surface area contributed by atoms with Crippen molar-refractivity contribution in [3.8, 4) is 0 Å². The molecule has 0 atom stereocenters. The maximum Gasteiger partial charge on any atom is 0.200 e.